The normalized spacial score (nSPS) is 11.2. The molecule has 0 aliphatic rings. The van der Waals surface area contributed by atoms with Crippen molar-refractivity contribution < 1.29 is 19.4 Å². The summed E-state index contributed by atoms with van der Waals surface area (Å²) in [6, 6.07) is 8.53. The molecule has 2 aromatic heterocycles. The first-order chi connectivity index (χ1) is 14.5. The molecule has 30 heavy (non-hydrogen) atoms. The first-order valence-corrected chi connectivity index (χ1v) is 9.67. The van der Waals surface area contributed by atoms with Crippen molar-refractivity contribution in [3.05, 3.63) is 69.3 Å². The molecule has 2 heterocycles. The van der Waals surface area contributed by atoms with E-state index in [1.165, 1.54) is 22.7 Å². The molecule has 0 aliphatic heterocycles. The third-order valence-electron chi connectivity index (χ3n) is 4.83. The number of carboxylic acids is 1. The highest BCUT2D eigenvalue weighted by Crippen LogP contribution is 2.32. The van der Waals surface area contributed by atoms with E-state index in [1.54, 1.807) is 20.3 Å². The van der Waals surface area contributed by atoms with Crippen LogP contribution in [0, 0.1) is 0 Å². The molecule has 7 heteroatoms. The molecule has 7 nitrogen and oxygen atoms in total. The fraction of sp³-hybridized carbons (Fsp3) is 0.261. The highest BCUT2D eigenvalue weighted by atomic mass is 16.5. The Hall–Kier alpha value is -3.61. The molecule has 0 spiro atoms. The number of carboxylic acid groups (broad SMARTS) is 1. The van der Waals surface area contributed by atoms with Crippen molar-refractivity contribution >= 4 is 23.8 Å². The van der Waals surface area contributed by atoms with Gasteiger partial charge in [-0.05, 0) is 43.2 Å². The summed E-state index contributed by atoms with van der Waals surface area (Å²) in [5.41, 5.74) is 2.08. The van der Waals surface area contributed by atoms with Crippen molar-refractivity contribution in [2.75, 3.05) is 14.2 Å². The van der Waals surface area contributed by atoms with Crippen molar-refractivity contribution in [2.24, 2.45) is 0 Å². The summed E-state index contributed by atoms with van der Waals surface area (Å²) in [6.45, 7) is 2.05. The monoisotopic (exact) mass is 408 g/mol. The van der Waals surface area contributed by atoms with Gasteiger partial charge in [-0.25, -0.2) is 9.78 Å². The molecule has 1 N–H and O–H groups in total. The maximum atomic E-state index is 13.1. The predicted octanol–water partition coefficient (Wildman–Crippen LogP) is 3.92. The number of aromatic carboxylic acids is 1. The molecule has 0 radical (unpaired) electrons. The number of aromatic nitrogens is 2. The molecule has 0 saturated heterocycles. The second kappa shape index (κ2) is 9.26. The number of benzene rings is 1. The van der Waals surface area contributed by atoms with Crippen LogP contribution < -0.4 is 15.0 Å². The molecule has 1 aromatic carbocycles. The fourth-order valence-corrected chi connectivity index (χ4v) is 3.26. The van der Waals surface area contributed by atoms with Gasteiger partial charge in [0.2, 0.25) is 0 Å². The molecule has 0 amide bonds. The molecule has 0 fully saturated rings. The van der Waals surface area contributed by atoms with Crippen LogP contribution in [0.2, 0.25) is 0 Å². The van der Waals surface area contributed by atoms with Crippen LogP contribution in [-0.4, -0.2) is 34.7 Å². The van der Waals surface area contributed by atoms with E-state index < -0.39 is 5.97 Å². The van der Waals surface area contributed by atoms with Gasteiger partial charge in [0.25, 0.3) is 5.56 Å². The van der Waals surface area contributed by atoms with Crippen LogP contribution in [0.4, 0.5) is 0 Å². The van der Waals surface area contributed by atoms with Crippen LogP contribution in [0.1, 0.15) is 46.9 Å². The topological polar surface area (TPSA) is 90.1 Å². The summed E-state index contributed by atoms with van der Waals surface area (Å²) in [6.07, 6.45) is 7.24. The number of unbranched alkanes of at least 4 members (excludes halogenated alkanes) is 1. The van der Waals surface area contributed by atoms with Crippen LogP contribution in [0.3, 0.4) is 0 Å². The standard InChI is InChI=1S/C23H24N2O5/c1-4-5-8-17-18(12-10-15-7-6-9-19(29-2)21(15)30-3)24-20-13-11-16(23(27)28)14-25(20)22(17)26/h6-7,9-14H,4-5,8H2,1-3H3,(H,27,28). The van der Waals surface area contributed by atoms with Gasteiger partial charge in [-0.3, -0.25) is 9.20 Å². The van der Waals surface area contributed by atoms with Crippen LogP contribution >= 0.6 is 0 Å². The number of hydrogen-bond donors (Lipinski definition) is 1. The number of hydrogen-bond acceptors (Lipinski definition) is 5. The molecule has 0 bridgehead atoms. The lowest BCUT2D eigenvalue weighted by Gasteiger charge is -2.11. The van der Waals surface area contributed by atoms with Crippen LogP contribution in [0.5, 0.6) is 11.5 Å². The Bertz CT molecular complexity index is 1160. The highest BCUT2D eigenvalue weighted by molar-refractivity contribution is 5.87. The second-order valence-corrected chi connectivity index (χ2v) is 6.75. The van der Waals surface area contributed by atoms with Gasteiger partial charge < -0.3 is 14.6 Å². The molecule has 3 aromatic rings. The largest absolute Gasteiger partial charge is 0.493 e. The number of pyridine rings is 1. The fourth-order valence-electron chi connectivity index (χ4n) is 3.26. The minimum atomic E-state index is -1.09. The summed E-state index contributed by atoms with van der Waals surface area (Å²) in [4.78, 5) is 29.0. The summed E-state index contributed by atoms with van der Waals surface area (Å²) in [7, 11) is 3.15. The van der Waals surface area contributed by atoms with Crippen molar-refractivity contribution in [1.82, 2.24) is 9.38 Å². The lowest BCUT2D eigenvalue weighted by atomic mass is 10.1. The van der Waals surface area contributed by atoms with Gasteiger partial charge in [-0.2, -0.15) is 0 Å². The smallest absolute Gasteiger partial charge is 0.337 e. The van der Waals surface area contributed by atoms with Crippen LogP contribution in [-0.2, 0) is 6.42 Å². The number of ether oxygens (including phenoxy) is 2. The van der Waals surface area contributed by atoms with E-state index in [9.17, 15) is 14.7 Å². The number of para-hydroxylation sites is 1. The molecular weight excluding hydrogens is 384 g/mol. The molecule has 3 rings (SSSR count). The maximum Gasteiger partial charge on any atom is 0.337 e. The summed E-state index contributed by atoms with van der Waals surface area (Å²) < 4.78 is 12.1. The van der Waals surface area contributed by atoms with Gasteiger partial charge in [-0.1, -0.05) is 25.5 Å². The van der Waals surface area contributed by atoms with Gasteiger partial charge in [0.1, 0.15) is 5.65 Å². The Kier molecular flexibility index (Phi) is 6.51. The van der Waals surface area contributed by atoms with Crippen molar-refractivity contribution in [3.8, 4) is 11.5 Å². The highest BCUT2D eigenvalue weighted by Gasteiger charge is 2.13. The minimum Gasteiger partial charge on any atom is -0.493 e. The maximum absolute atomic E-state index is 13.1. The Morgan fingerprint density at radius 2 is 1.97 bits per heavy atom. The second-order valence-electron chi connectivity index (χ2n) is 6.75. The lowest BCUT2D eigenvalue weighted by Crippen LogP contribution is -2.22. The molecule has 0 atom stereocenters. The van der Waals surface area contributed by atoms with Crippen molar-refractivity contribution in [1.29, 1.82) is 0 Å². The average molecular weight is 408 g/mol. The SMILES string of the molecule is CCCCc1c(C=Cc2cccc(OC)c2OC)nc2ccc(C(=O)O)cn2c1=O. The van der Waals surface area contributed by atoms with E-state index in [-0.39, 0.29) is 11.1 Å². The minimum absolute atomic E-state index is 0.0391. The quantitative estimate of drug-likeness (QED) is 0.608. The number of rotatable bonds is 8. The first-order valence-electron chi connectivity index (χ1n) is 9.67. The average Bonchev–Trinajstić information content (AvgIpc) is 2.76. The summed E-state index contributed by atoms with van der Waals surface area (Å²) in [5.74, 6) is 0.113. The van der Waals surface area contributed by atoms with Gasteiger partial charge in [0, 0.05) is 17.3 Å². The van der Waals surface area contributed by atoms with Gasteiger partial charge >= 0.3 is 5.97 Å². The summed E-state index contributed by atoms with van der Waals surface area (Å²) in [5, 5.41) is 9.23. The molecular formula is C23H24N2O5. The van der Waals surface area contributed by atoms with Gasteiger partial charge in [-0.15, -0.1) is 0 Å². The zero-order valence-electron chi connectivity index (χ0n) is 17.2. The zero-order chi connectivity index (χ0) is 21.7. The number of carbonyl (C=O) groups is 1. The summed E-state index contributed by atoms with van der Waals surface area (Å²) >= 11 is 0. The number of fused-ring (bicyclic) bond motifs is 1. The van der Waals surface area contributed by atoms with Crippen molar-refractivity contribution in [2.45, 2.75) is 26.2 Å². The third-order valence-corrected chi connectivity index (χ3v) is 4.83. The predicted molar refractivity (Wildman–Crippen MR) is 116 cm³/mol. The van der Waals surface area contributed by atoms with E-state index in [1.807, 2.05) is 31.2 Å². The Labute approximate surface area is 174 Å². The van der Waals surface area contributed by atoms with E-state index in [0.29, 0.717) is 34.8 Å². The lowest BCUT2D eigenvalue weighted by molar-refractivity contribution is 0.0696. The Morgan fingerprint density at radius 1 is 1.17 bits per heavy atom. The molecule has 0 saturated carbocycles. The van der Waals surface area contributed by atoms with Crippen LogP contribution in [0.25, 0.3) is 17.8 Å². The zero-order valence-corrected chi connectivity index (χ0v) is 17.2. The van der Waals surface area contributed by atoms with Gasteiger partial charge in [0.05, 0.1) is 25.5 Å². The number of methoxy groups -OCH3 is 2. The Morgan fingerprint density at radius 3 is 2.63 bits per heavy atom. The van der Waals surface area contributed by atoms with E-state index >= 15 is 0 Å². The molecule has 0 aliphatic carbocycles. The first kappa shape index (κ1) is 21.1. The van der Waals surface area contributed by atoms with Crippen LogP contribution in [0.15, 0.2) is 41.3 Å². The molecule has 156 valence electrons. The van der Waals surface area contributed by atoms with Crippen molar-refractivity contribution in [3.63, 3.8) is 0 Å². The Balaban J connectivity index is 2.15. The molecule has 0 unspecified atom stereocenters. The van der Waals surface area contributed by atoms with E-state index in [2.05, 4.69) is 4.98 Å². The van der Waals surface area contributed by atoms with E-state index in [0.717, 1.165) is 18.4 Å². The third kappa shape index (κ3) is 4.20. The number of nitrogens with zero attached hydrogens (tertiary/aromatic N) is 2. The van der Waals surface area contributed by atoms with E-state index in [4.69, 9.17) is 9.47 Å². The van der Waals surface area contributed by atoms with Gasteiger partial charge in [0.15, 0.2) is 11.5 Å².